The van der Waals surface area contributed by atoms with Gasteiger partial charge in [-0.05, 0) is 43.1 Å². The van der Waals surface area contributed by atoms with Gasteiger partial charge in [0, 0.05) is 5.56 Å². The van der Waals surface area contributed by atoms with Crippen molar-refractivity contribution in [3.63, 3.8) is 0 Å². The van der Waals surface area contributed by atoms with Crippen molar-refractivity contribution in [1.82, 2.24) is 0 Å². The zero-order chi connectivity index (χ0) is 19.4. The summed E-state index contributed by atoms with van der Waals surface area (Å²) < 4.78 is 77.5. The standard InChI is InChI=1S/C20H26F6/c1-2-3-4-5-14-6-8-15(9-7-14)16-10-12-17(13-11-16)19(22,23)18(21)20(24,25)26/h10-15,18H,2-9H2,1H3. The summed E-state index contributed by atoms with van der Waals surface area (Å²) in [5.41, 5.74) is -0.0849. The molecule has 1 saturated carbocycles. The molecule has 0 amide bonds. The third-order valence-corrected chi connectivity index (χ3v) is 5.44. The Kier molecular flexibility index (Phi) is 7.03. The highest BCUT2D eigenvalue weighted by atomic mass is 19.4. The van der Waals surface area contributed by atoms with Crippen molar-refractivity contribution in [3.05, 3.63) is 35.4 Å². The molecule has 1 aliphatic rings. The van der Waals surface area contributed by atoms with Crippen LogP contribution in [-0.4, -0.2) is 12.3 Å². The molecule has 0 spiro atoms. The van der Waals surface area contributed by atoms with Gasteiger partial charge in [-0.15, -0.1) is 0 Å². The molecule has 0 nitrogen and oxygen atoms in total. The van der Waals surface area contributed by atoms with Crippen molar-refractivity contribution in [1.29, 1.82) is 0 Å². The number of hydrogen-bond donors (Lipinski definition) is 0. The quantitative estimate of drug-likeness (QED) is 0.339. The first-order valence-electron chi connectivity index (χ1n) is 9.35. The zero-order valence-corrected chi connectivity index (χ0v) is 15.0. The molecule has 1 unspecified atom stereocenters. The SMILES string of the molecule is CCCCCC1CCC(c2ccc(C(F)(F)C(F)C(F)(F)F)cc2)CC1. The molecule has 26 heavy (non-hydrogen) atoms. The summed E-state index contributed by atoms with van der Waals surface area (Å²) in [4.78, 5) is 0. The average Bonchev–Trinajstić information content (AvgIpc) is 2.61. The van der Waals surface area contributed by atoms with Gasteiger partial charge in [0.2, 0.25) is 0 Å². The van der Waals surface area contributed by atoms with Gasteiger partial charge < -0.3 is 0 Å². The summed E-state index contributed by atoms with van der Waals surface area (Å²) >= 11 is 0. The second-order valence-corrected chi connectivity index (χ2v) is 7.36. The van der Waals surface area contributed by atoms with Gasteiger partial charge in [0.25, 0.3) is 6.17 Å². The third kappa shape index (κ3) is 5.17. The molecule has 1 atom stereocenters. The smallest absolute Gasteiger partial charge is 0.230 e. The number of hydrogen-bond acceptors (Lipinski definition) is 0. The normalized spacial score (nSPS) is 23.0. The van der Waals surface area contributed by atoms with Crippen molar-refractivity contribution in [2.45, 2.75) is 82.5 Å². The lowest BCUT2D eigenvalue weighted by molar-refractivity contribution is -0.248. The highest BCUT2D eigenvalue weighted by Gasteiger charge is 2.57. The van der Waals surface area contributed by atoms with Crippen LogP contribution < -0.4 is 0 Å². The predicted molar refractivity (Wildman–Crippen MR) is 90.1 cm³/mol. The number of benzene rings is 1. The maximum absolute atomic E-state index is 13.7. The molecular formula is C20H26F6. The van der Waals surface area contributed by atoms with Gasteiger partial charge >= 0.3 is 12.1 Å². The Morgan fingerprint density at radius 3 is 2.00 bits per heavy atom. The Hall–Kier alpha value is -1.20. The minimum atomic E-state index is -5.58. The van der Waals surface area contributed by atoms with Crippen molar-refractivity contribution in [3.8, 4) is 0 Å². The van der Waals surface area contributed by atoms with Crippen LogP contribution in [-0.2, 0) is 5.92 Å². The van der Waals surface area contributed by atoms with Crippen LogP contribution in [0.1, 0.15) is 75.3 Å². The Labute approximate surface area is 151 Å². The molecule has 1 aromatic carbocycles. The van der Waals surface area contributed by atoms with Crippen LogP contribution >= 0.6 is 0 Å². The van der Waals surface area contributed by atoms with Gasteiger partial charge in [-0.3, -0.25) is 0 Å². The molecule has 0 bridgehead atoms. The van der Waals surface area contributed by atoms with E-state index >= 15 is 0 Å². The van der Waals surface area contributed by atoms with Crippen LogP contribution in [0.2, 0.25) is 0 Å². The van der Waals surface area contributed by atoms with E-state index in [1.165, 1.54) is 37.8 Å². The summed E-state index contributed by atoms with van der Waals surface area (Å²) in [7, 11) is 0. The average molecular weight is 380 g/mol. The fourth-order valence-corrected chi connectivity index (χ4v) is 3.80. The van der Waals surface area contributed by atoms with E-state index in [1.54, 1.807) is 0 Å². The lowest BCUT2D eigenvalue weighted by atomic mass is 9.77. The van der Waals surface area contributed by atoms with Crippen LogP contribution in [0.4, 0.5) is 26.3 Å². The van der Waals surface area contributed by atoms with Crippen LogP contribution in [0.3, 0.4) is 0 Å². The maximum atomic E-state index is 13.7. The van der Waals surface area contributed by atoms with Crippen molar-refractivity contribution < 1.29 is 26.3 Å². The Bertz CT molecular complexity index is 540. The van der Waals surface area contributed by atoms with E-state index in [1.807, 2.05) is 0 Å². The Morgan fingerprint density at radius 1 is 0.923 bits per heavy atom. The van der Waals surface area contributed by atoms with Crippen LogP contribution in [0.15, 0.2) is 24.3 Å². The fourth-order valence-electron chi connectivity index (χ4n) is 3.80. The molecular weight excluding hydrogens is 354 g/mol. The molecule has 0 saturated heterocycles. The van der Waals surface area contributed by atoms with Crippen molar-refractivity contribution in [2.75, 3.05) is 0 Å². The van der Waals surface area contributed by atoms with Gasteiger partial charge in [-0.1, -0.05) is 56.9 Å². The monoisotopic (exact) mass is 380 g/mol. The molecule has 0 aromatic heterocycles. The van der Waals surface area contributed by atoms with Gasteiger partial charge in [0.15, 0.2) is 0 Å². The number of alkyl halides is 6. The second kappa shape index (κ2) is 8.66. The van der Waals surface area contributed by atoms with E-state index in [2.05, 4.69) is 6.92 Å². The first-order valence-corrected chi connectivity index (χ1v) is 9.35. The summed E-state index contributed by atoms with van der Waals surface area (Å²) in [6, 6.07) is 4.71. The first-order chi connectivity index (χ1) is 12.2. The van der Waals surface area contributed by atoms with E-state index in [9.17, 15) is 26.3 Å². The van der Waals surface area contributed by atoms with E-state index < -0.39 is 23.8 Å². The largest absolute Gasteiger partial charge is 0.426 e. The predicted octanol–water partition coefficient (Wildman–Crippen LogP) is 7.53. The van der Waals surface area contributed by atoms with Crippen LogP contribution in [0.25, 0.3) is 0 Å². The summed E-state index contributed by atoms with van der Waals surface area (Å²) in [5, 5.41) is 0. The molecule has 0 radical (unpaired) electrons. The molecule has 0 heterocycles. The topological polar surface area (TPSA) is 0 Å². The van der Waals surface area contributed by atoms with Gasteiger partial charge in [0.1, 0.15) is 0 Å². The molecule has 6 heteroatoms. The van der Waals surface area contributed by atoms with Crippen molar-refractivity contribution in [2.24, 2.45) is 5.92 Å². The number of rotatable bonds is 7. The minimum Gasteiger partial charge on any atom is -0.230 e. The first kappa shape index (κ1) is 21.1. The summed E-state index contributed by atoms with van der Waals surface area (Å²) in [5.74, 6) is -3.63. The summed E-state index contributed by atoms with van der Waals surface area (Å²) in [6.45, 7) is 2.17. The molecule has 0 aliphatic heterocycles. The molecule has 2 rings (SSSR count). The minimum absolute atomic E-state index is 0.240. The Morgan fingerprint density at radius 2 is 1.50 bits per heavy atom. The van der Waals surface area contributed by atoms with Gasteiger partial charge in [-0.25, -0.2) is 4.39 Å². The number of unbranched alkanes of at least 4 members (excludes halogenated alkanes) is 2. The van der Waals surface area contributed by atoms with Gasteiger partial charge in [0.05, 0.1) is 0 Å². The van der Waals surface area contributed by atoms with Crippen LogP contribution in [0.5, 0.6) is 0 Å². The molecule has 1 fully saturated rings. The van der Waals surface area contributed by atoms with E-state index in [0.29, 0.717) is 5.92 Å². The zero-order valence-electron chi connectivity index (χ0n) is 15.0. The third-order valence-electron chi connectivity index (χ3n) is 5.44. The summed E-state index contributed by atoms with van der Waals surface area (Å²) in [6.07, 6.45) is -0.789. The van der Waals surface area contributed by atoms with Crippen LogP contribution in [0, 0.1) is 5.92 Å². The molecule has 148 valence electrons. The Balaban J connectivity index is 1.96. The van der Waals surface area contributed by atoms with Crippen molar-refractivity contribution >= 4 is 0 Å². The highest BCUT2D eigenvalue weighted by Crippen LogP contribution is 2.43. The fraction of sp³-hybridized carbons (Fsp3) is 0.700. The highest BCUT2D eigenvalue weighted by molar-refractivity contribution is 5.29. The molecule has 1 aromatic rings. The number of halogens is 6. The maximum Gasteiger partial charge on any atom is 0.426 e. The van der Waals surface area contributed by atoms with E-state index in [4.69, 9.17) is 0 Å². The lowest BCUT2D eigenvalue weighted by Crippen LogP contribution is -2.39. The molecule has 1 aliphatic carbocycles. The molecule has 0 N–H and O–H groups in total. The lowest BCUT2D eigenvalue weighted by Gasteiger charge is -2.29. The van der Waals surface area contributed by atoms with E-state index in [0.717, 1.165) is 43.4 Å². The van der Waals surface area contributed by atoms with Gasteiger partial charge in [-0.2, -0.15) is 22.0 Å². The van der Waals surface area contributed by atoms with E-state index in [-0.39, 0.29) is 5.92 Å². The second-order valence-electron chi connectivity index (χ2n) is 7.36.